The lowest BCUT2D eigenvalue weighted by molar-refractivity contribution is 0.0505. The smallest absolute Gasteiger partial charge is 0.348 e. The van der Waals surface area contributed by atoms with Crippen LogP contribution in [-0.2, 0) is 4.74 Å². The van der Waals surface area contributed by atoms with Crippen molar-refractivity contribution in [2.45, 2.75) is 32.7 Å². The van der Waals surface area contributed by atoms with E-state index in [0.717, 1.165) is 17.7 Å². The minimum atomic E-state index is -0.236. The molecule has 1 rings (SSSR count). The Kier molecular flexibility index (Phi) is 4.78. The molecule has 0 spiro atoms. The molecule has 0 bridgehead atoms. The molecule has 4 heteroatoms. The van der Waals surface area contributed by atoms with Crippen LogP contribution >= 0.6 is 11.3 Å². The van der Waals surface area contributed by atoms with Gasteiger partial charge in [-0.25, -0.2) is 4.79 Å². The Morgan fingerprint density at radius 2 is 2.33 bits per heavy atom. The van der Waals surface area contributed by atoms with E-state index in [1.54, 1.807) is 6.07 Å². The quantitative estimate of drug-likeness (QED) is 0.621. The molecule has 0 aromatic carbocycles. The van der Waals surface area contributed by atoms with Gasteiger partial charge in [-0.05, 0) is 25.5 Å². The van der Waals surface area contributed by atoms with Gasteiger partial charge in [-0.3, -0.25) is 0 Å². The maximum atomic E-state index is 11.5. The van der Waals surface area contributed by atoms with E-state index in [0.29, 0.717) is 11.5 Å². The zero-order chi connectivity index (χ0) is 11.3. The van der Waals surface area contributed by atoms with Crippen LogP contribution < -0.4 is 5.73 Å². The first-order valence-corrected chi connectivity index (χ1v) is 5.99. The van der Waals surface area contributed by atoms with Crippen LogP contribution in [0, 0.1) is 0 Å². The molecule has 15 heavy (non-hydrogen) atoms. The molecule has 1 unspecified atom stereocenters. The van der Waals surface area contributed by atoms with Crippen LogP contribution in [0.15, 0.2) is 12.1 Å². The van der Waals surface area contributed by atoms with Crippen LogP contribution in [0.2, 0.25) is 0 Å². The number of thiophene rings is 1. The van der Waals surface area contributed by atoms with Crippen LogP contribution in [0.4, 0.5) is 0 Å². The van der Waals surface area contributed by atoms with Gasteiger partial charge in [0.05, 0.1) is 6.61 Å². The average molecular weight is 227 g/mol. The Bertz CT molecular complexity index is 320. The standard InChI is InChI=1S/C11H17NO2S/c1-3-4-7-14-11(13)10-6-5-9(15-10)8(2)12/h5-6,8H,3-4,7,12H2,1-2H3. The molecule has 0 radical (unpaired) electrons. The van der Waals surface area contributed by atoms with Crippen molar-refractivity contribution in [3.05, 3.63) is 21.9 Å². The lowest BCUT2D eigenvalue weighted by Gasteiger charge is -2.01. The van der Waals surface area contributed by atoms with E-state index in [1.807, 2.05) is 13.0 Å². The number of nitrogens with two attached hydrogens (primary N) is 1. The van der Waals surface area contributed by atoms with E-state index >= 15 is 0 Å². The van der Waals surface area contributed by atoms with Gasteiger partial charge < -0.3 is 10.5 Å². The highest BCUT2D eigenvalue weighted by Crippen LogP contribution is 2.22. The fourth-order valence-electron chi connectivity index (χ4n) is 1.09. The molecule has 2 N–H and O–H groups in total. The summed E-state index contributed by atoms with van der Waals surface area (Å²) >= 11 is 1.41. The van der Waals surface area contributed by atoms with Gasteiger partial charge in [0.25, 0.3) is 0 Å². The van der Waals surface area contributed by atoms with Gasteiger partial charge in [0.2, 0.25) is 0 Å². The van der Waals surface area contributed by atoms with Crippen LogP contribution in [0.3, 0.4) is 0 Å². The normalized spacial score (nSPS) is 12.5. The minimum Gasteiger partial charge on any atom is -0.462 e. The van der Waals surface area contributed by atoms with E-state index in [1.165, 1.54) is 11.3 Å². The first kappa shape index (κ1) is 12.2. The van der Waals surface area contributed by atoms with Crippen LogP contribution in [0.1, 0.15) is 47.3 Å². The number of unbranched alkanes of at least 4 members (excludes halogenated alkanes) is 1. The summed E-state index contributed by atoms with van der Waals surface area (Å²) in [6.07, 6.45) is 1.94. The Morgan fingerprint density at radius 1 is 1.60 bits per heavy atom. The summed E-state index contributed by atoms with van der Waals surface area (Å²) in [7, 11) is 0. The molecule has 1 atom stereocenters. The monoisotopic (exact) mass is 227 g/mol. The molecule has 0 aliphatic heterocycles. The van der Waals surface area contributed by atoms with Gasteiger partial charge in [0.15, 0.2) is 0 Å². The van der Waals surface area contributed by atoms with Gasteiger partial charge in [-0.2, -0.15) is 0 Å². The first-order chi connectivity index (χ1) is 7.15. The Labute approximate surface area is 94.2 Å². The fraction of sp³-hybridized carbons (Fsp3) is 0.545. The predicted octanol–water partition coefficient (Wildman–Crippen LogP) is 2.72. The maximum absolute atomic E-state index is 11.5. The molecule has 84 valence electrons. The third-order valence-corrected chi connectivity index (χ3v) is 3.27. The lowest BCUT2D eigenvalue weighted by atomic mass is 10.3. The summed E-state index contributed by atoms with van der Waals surface area (Å²) in [4.78, 5) is 13.2. The Hall–Kier alpha value is -0.870. The topological polar surface area (TPSA) is 52.3 Å². The lowest BCUT2D eigenvalue weighted by Crippen LogP contribution is -2.04. The van der Waals surface area contributed by atoms with Crippen molar-refractivity contribution in [1.29, 1.82) is 0 Å². The molecule has 0 fully saturated rings. The number of hydrogen-bond acceptors (Lipinski definition) is 4. The molecule has 1 aromatic rings. The van der Waals surface area contributed by atoms with Crippen LogP contribution in [-0.4, -0.2) is 12.6 Å². The maximum Gasteiger partial charge on any atom is 0.348 e. The zero-order valence-electron chi connectivity index (χ0n) is 9.16. The van der Waals surface area contributed by atoms with E-state index in [9.17, 15) is 4.79 Å². The van der Waals surface area contributed by atoms with Crippen molar-refractivity contribution in [2.75, 3.05) is 6.61 Å². The van der Waals surface area contributed by atoms with Crippen molar-refractivity contribution >= 4 is 17.3 Å². The van der Waals surface area contributed by atoms with Crippen molar-refractivity contribution in [3.8, 4) is 0 Å². The SMILES string of the molecule is CCCCOC(=O)c1ccc(C(C)N)s1. The Balaban J connectivity index is 2.51. The third kappa shape index (κ3) is 3.64. The van der Waals surface area contributed by atoms with Gasteiger partial charge in [0, 0.05) is 10.9 Å². The number of carbonyl (C=O) groups is 1. The first-order valence-electron chi connectivity index (χ1n) is 5.17. The minimum absolute atomic E-state index is 0.0211. The summed E-state index contributed by atoms with van der Waals surface area (Å²) in [6, 6.07) is 3.64. The molecule has 0 saturated heterocycles. The van der Waals surface area contributed by atoms with E-state index in [4.69, 9.17) is 10.5 Å². The second-order valence-corrected chi connectivity index (χ2v) is 4.60. The summed E-state index contributed by atoms with van der Waals surface area (Å²) < 4.78 is 5.09. The van der Waals surface area contributed by atoms with E-state index < -0.39 is 0 Å². The number of ether oxygens (including phenoxy) is 1. The molecular formula is C11H17NO2S. The second kappa shape index (κ2) is 5.88. The second-order valence-electron chi connectivity index (χ2n) is 3.48. The molecule has 0 amide bonds. The molecule has 1 aromatic heterocycles. The van der Waals surface area contributed by atoms with Crippen molar-refractivity contribution in [3.63, 3.8) is 0 Å². The number of hydrogen-bond donors (Lipinski definition) is 1. The van der Waals surface area contributed by atoms with E-state index in [-0.39, 0.29) is 12.0 Å². The number of rotatable bonds is 5. The summed E-state index contributed by atoms with van der Waals surface area (Å²) in [5.74, 6) is -0.236. The van der Waals surface area contributed by atoms with Crippen LogP contribution in [0.25, 0.3) is 0 Å². The summed E-state index contributed by atoms with van der Waals surface area (Å²) in [5.41, 5.74) is 5.71. The third-order valence-electron chi connectivity index (χ3n) is 2.01. The number of esters is 1. The largest absolute Gasteiger partial charge is 0.462 e. The van der Waals surface area contributed by atoms with Crippen molar-refractivity contribution < 1.29 is 9.53 Å². The summed E-state index contributed by atoms with van der Waals surface area (Å²) in [5, 5.41) is 0. The molecule has 3 nitrogen and oxygen atoms in total. The molecule has 0 saturated carbocycles. The zero-order valence-corrected chi connectivity index (χ0v) is 9.97. The van der Waals surface area contributed by atoms with Gasteiger partial charge in [0.1, 0.15) is 4.88 Å². The molecule has 0 aliphatic carbocycles. The highest BCUT2D eigenvalue weighted by atomic mass is 32.1. The van der Waals surface area contributed by atoms with Crippen molar-refractivity contribution in [2.24, 2.45) is 5.73 Å². The molecular weight excluding hydrogens is 210 g/mol. The fourth-order valence-corrected chi connectivity index (χ4v) is 1.94. The highest BCUT2D eigenvalue weighted by Gasteiger charge is 2.11. The van der Waals surface area contributed by atoms with Gasteiger partial charge in [-0.1, -0.05) is 13.3 Å². The van der Waals surface area contributed by atoms with Gasteiger partial charge in [-0.15, -0.1) is 11.3 Å². The number of carbonyl (C=O) groups excluding carboxylic acids is 1. The van der Waals surface area contributed by atoms with Gasteiger partial charge >= 0.3 is 5.97 Å². The molecule has 0 aliphatic rings. The predicted molar refractivity (Wildman–Crippen MR) is 62.1 cm³/mol. The highest BCUT2D eigenvalue weighted by molar-refractivity contribution is 7.14. The molecule has 1 heterocycles. The van der Waals surface area contributed by atoms with Crippen LogP contribution in [0.5, 0.6) is 0 Å². The Morgan fingerprint density at radius 3 is 2.87 bits per heavy atom. The van der Waals surface area contributed by atoms with Crippen molar-refractivity contribution in [1.82, 2.24) is 0 Å². The summed E-state index contributed by atoms with van der Waals surface area (Å²) in [6.45, 7) is 4.46. The average Bonchev–Trinajstić information content (AvgIpc) is 2.66. The van der Waals surface area contributed by atoms with E-state index in [2.05, 4.69) is 6.92 Å².